The molecule has 2 amide bonds. The van der Waals surface area contributed by atoms with Gasteiger partial charge in [0, 0.05) is 25.4 Å². The lowest BCUT2D eigenvalue weighted by molar-refractivity contribution is -0.150. The largest absolute Gasteiger partial charge is 0.480 e. The molecule has 2 aromatic carbocycles. The summed E-state index contributed by atoms with van der Waals surface area (Å²) in [5.74, 6) is -1.53. The molecule has 1 unspecified atom stereocenters. The lowest BCUT2D eigenvalue weighted by atomic mass is 9.94. The fourth-order valence-electron chi connectivity index (χ4n) is 5.09. The van der Waals surface area contributed by atoms with Crippen LogP contribution < -0.4 is 5.32 Å². The Morgan fingerprint density at radius 3 is 2.27 bits per heavy atom. The molecule has 2 N–H and O–H groups in total. The molecule has 0 radical (unpaired) electrons. The van der Waals surface area contributed by atoms with Crippen molar-refractivity contribution in [3.63, 3.8) is 0 Å². The van der Waals surface area contributed by atoms with E-state index in [1.165, 1.54) is 30.0 Å². The molecule has 2 aliphatic rings. The van der Waals surface area contributed by atoms with Crippen LogP contribution in [0, 0.1) is 11.8 Å². The molecule has 0 bridgehead atoms. The number of rotatable bonds is 7. The van der Waals surface area contributed by atoms with Gasteiger partial charge in [-0.1, -0.05) is 55.0 Å². The summed E-state index contributed by atoms with van der Waals surface area (Å²) in [6.07, 6.45) is 1.90. The monoisotopic (exact) mass is 450 g/mol. The average molecular weight is 451 g/mol. The summed E-state index contributed by atoms with van der Waals surface area (Å²) >= 11 is 0. The molecule has 174 valence electrons. The van der Waals surface area contributed by atoms with Gasteiger partial charge < -0.3 is 20.1 Å². The van der Waals surface area contributed by atoms with Crippen LogP contribution in [0.5, 0.6) is 0 Å². The Morgan fingerprint density at radius 2 is 1.67 bits per heavy atom. The van der Waals surface area contributed by atoms with E-state index in [0.717, 1.165) is 24.0 Å². The van der Waals surface area contributed by atoms with Crippen molar-refractivity contribution in [2.45, 2.75) is 38.1 Å². The van der Waals surface area contributed by atoms with Crippen molar-refractivity contribution >= 4 is 18.0 Å². The van der Waals surface area contributed by atoms with Crippen molar-refractivity contribution in [3.8, 4) is 11.1 Å². The number of alkyl carbamates (subject to hydrolysis) is 1. The molecule has 0 aliphatic heterocycles. The summed E-state index contributed by atoms with van der Waals surface area (Å²) in [5.41, 5.74) is 4.66. The van der Waals surface area contributed by atoms with E-state index in [0.29, 0.717) is 13.0 Å². The van der Waals surface area contributed by atoms with Crippen molar-refractivity contribution in [1.29, 1.82) is 0 Å². The van der Waals surface area contributed by atoms with E-state index in [4.69, 9.17) is 4.74 Å². The van der Waals surface area contributed by atoms with Gasteiger partial charge in [-0.3, -0.25) is 4.79 Å². The van der Waals surface area contributed by atoms with Crippen LogP contribution in [0.3, 0.4) is 0 Å². The minimum atomic E-state index is -1.03. The van der Waals surface area contributed by atoms with E-state index in [9.17, 15) is 19.5 Å². The van der Waals surface area contributed by atoms with Crippen molar-refractivity contribution in [1.82, 2.24) is 10.2 Å². The van der Waals surface area contributed by atoms with Crippen molar-refractivity contribution in [2.75, 3.05) is 20.2 Å². The van der Waals surface area contributed by atoms with Crippen LogP contribution in [-0.2, 0) is 14.3 Å². The molecule has 0 saturated heterocycles. The molecule has 1 fully saturated rings. The Bertz CT molecular complexity index is 1010. The van der Waals surface area contributed by atoms with Gasteiger partial charge in [-0.2, -0.15) is 0 Å². The summed E-state index contributed by atoms with van der Waals surface area (Å²) in [7, 11) is 1.52. The number of hydrogen-bond donors (Lipinski definition) is 2. The SMILES string of the molecule is CC(C(=O)O)N(C)C(=O)[C@@H]1CCC[C@@H]1CNC(=O)OCC1c2ccccc2-c2ccccc21. The fourth-order valence-corrected chi connectivity index (χ4v) is 5.09. The number of nitrogens with zero attached hydrogens (tertiary/aromatic N) is 1. The molecule has 1 saturated carbocycles. The zero-order valence-corrected chi connectivity index (χ0v) is 19.0. The highest BCUT2D eigenvalue weighted by Gasteiger charge is 2.37. The van der Waals surface area contributed by atoms with Gasteiger partial charge in [0.25, 0.3) is 0 Å². The van der Waals surface area contributed by atoms with Gasteiger partial charge in [-0.25, -0.2) is 9.59 Å². The maximum absolute atomic E-state index is 12.8. The lowest BCUT2D eigenvalue weighted by Crippen LogP contribution is -2.45. The van der Waals surface area contributed by atoms with E-state index in [1.807, 2.05) is 24.3 Å². The van der Waals surface area contributed by atoms with E-state index < -0.39 is 18.1 Å². The Hall–Kier alpha value is -3.35. The number of nitrogens with one attached hydrogen (secondary N) is 1. The normalized spacial score (nSPS) is 19.9. The second-order valence-corrected chi connectivity index (χ2v) is 8.97. The zero-order valence-electron chi connectivity index (χ0n) is 19.0. The minimum absolute atomic E-state index is 0.00453. The van der Waals surface area contributed by atoms with Crippen molar-refractivity contribution in [3.05, 3.63) is 59.7 Å². The molecule has 33 heavy (non-hydrogen) atoms. The molecule has 2 aromatic rings. The molecule has 0 aromatic heterocycles. The summed E-state index contributed by atoms with van der Waals surface area (Å²) in [5, 5.41) is 12.0. The van der Waals surface area contributed by atoms with Crippen molar-refractivity contribution in [2.24, 2.45) is 11.8 Å². The number of carboxylic acids is 1. The van der Waals surface area contributed by atoms with Crippen molar-refractivity contribution < 1.29 is 24.2 Å². The van der Waals surface area contributed by atoms with Crippen LogP contribution in [-0.4, -0.2) is 54.2 Å². The number of fused-ring (bicyclic) bond motifs is 3. The van der Waals surface area contributed by atoms with Gasteiger partial charge in [0.2, 0.25) is 5.91 Å². The maximum atomic E-state index is 12.8. The van der Waals surface area contributed by atoms with Gasteiger partial charge in [0.15, 0.2) is 0 Å². The molecule has 7 nitrogen and oxygen atoms in total. The van der Waals surface area contributed by atoms with Gasteiger partial charge in [-0.15, -0.1) is 0 Å². The number of carbonyl (C=O) groups is 3. The summed E-state index contributed by atoms with van der Waals surface area (Å²) < 4.78 is 5.59. The van der Waals surface area contributed by atoms with E-state index in [2.05, 4.69) is 29.6 Å². The van der Waals surface area contributed by atoms with Crippen LogP contribution in [0.4, 0.5) is 4.79 Å². The predicted molar refractivity (Wildman–Crippen MR) is 124 cm³/mol. The molecule has 7 heteroatoms. The van der Waals surface area contributed by atoms with Crippen LogP contribution in [0.1, 0.15) is 43.2 Å². The summed E-state index contributed by atoms with van der Waals surface area (Å²) in [4.78, 5) is 37.8. The Morgan fingerprint density at radius 1 is 1.06 bits per heavy atom. The highest BCUT2D eigenvalue weighted by molar-refractivity contribution is 5.85. The molecular weight excluding hydrogens is 420 g/mol. The predicted octanol–water partition coefficient (Wildman–Crippen LogP) is 3.87. The van der Waals surface area contributed by atoms with Crippen LogP contribution in [0.25, 0.3) is 11.1 Å². The molecular formula is C26H30N2O5. The average Bonchev–Trinajstić information content (AvgIpc) is 3.42. The van der Waals surface area contributed by atoms with Crippen LogP contribution in [0.2, 0.25) is 0 Å². The topological polar surface area (TPSA) is 95.9 Å². The standard InChI is InChI=1S/C26H30N2O5/c1-16(25(30)31)28(2)24(29)18-13-7-8-17(18)14-27-26(32)33-15-23-21-11-5-3-9-19(21)20-10-4-6-12-22(20)23/h3-6,9-12,16-18,23H,7-8,13-15H2,1-2H3,(H,27,32)(H,30,31)/t16?,17-,18-/m1/s1. The smallest absolute Gasteiger partial charge is 0.407 e. The third-order valence-corrected chi connectivity index (χ3v) is 7.11. The number of aliphatic carboxylic acids is 1. The van der Waals surface area contributed by atoms with E-state index in [1.54, 1.807) is 0 Å². The van der Waals surface area contributed by atoms with E-state index >= 15 is 0 Å². The third kappa shape index (κ3) is 4.58. The first-order valence-electron chi connectivity index (χ1n) is 11.5. The van der Waals surface area contributed by atoms with E-state index in [-0.39, 0.29) is 30.3 Å². The molecule has 0 heterocycles. The maximum Gasteiger partial charge on any atom is 0.407 e. The fraction of sp³-hybridized carbons (Fsp3) is 0.423. The first-order valence-corrected chi connectivity index (χ1v) is 11.5. The van der Waals surface area contributed by atoms with Crippen LogP contribution >= 0.6 is 0 Å². The van der Waals surface area contributed by atoms with Gasteiger partial charge in [0.1, 0.15) is 12.6 Å². The number of amides is 2. The second-order valence-electron chi connectivity index (χ2n) is 8.97. The molecule has 3 atom stereocenters. The van der Waals surface area contributed by atoms with Crippen LogP contribution in [0.15, 0.2) is 48.5 Å². The van der Waals surface area contributed by atoms with Gasteiger partial charge in [0.05, 0.1) is 0 Å². The highest BCUT2D eigenvalue weighted by atomic mass is 16.5. The number of likely N-dealkylation sites (N-methyl/N-ethyl adjacent to an activating group) is 1. The Labute approximate surface area is 193 Å². The van der Waals surface area contributed by atoms with Gasteiger partial charge in [-0.05, 0) is 47.9 Å². The summed E-state index contributed by atoms with van der Waals surface area (Å²) in [6, 6.07) is 15.5. The lowest BCUT2D eigenvalue weighted by Gasteiger charge is -2.27. The number of carbonyl (C=O) groups excluding carboxylic acids is 2. The molecule has 4 rings (SSSR count). The summed E-state index contributed by atoms with van der Waals surface area (Å²) in [6.45, 7) is 2.08. The minimum Gasteiger partial charge on any atom is -0.480 e. The zero-order chi connectivity index (χ0) is 23.5. The quantitative estimate of drug-likeness (QED) is 0.668. The molecule has 0 spiro atoms. The second kappa shape index (κ2) is 9.65. The first kappa shape index (κ1) is 22.8. The number of carboxylic acid groups (broad SMARTS) is 1. The number of ether oxygens (including phenoxy) is 1. The Balaban J connectivity index is 1.33. The number of benzene rings is 2. The Kier molecular flexibility index (Phi) is 6.67. The highest BCUT2D eigenvalue weighted by Crippen LogP contribution is 2.44. The third-order valence-electron chi connectivity index (χ3n) is 7.11. The first-order chi connectivity index (χ1) is 15.9. The van der Waals surface area contributed by atoms with Gasteiger partial charge >= 0.3 is 12.1 Å². The molecule has 2 aliphatic carbocycles. The number of hydrogen-bond acceptors (Lipinski definition) is 4.